The smallest absolute Gasteiger partial charge is 0.243 e. The Morgan fingerprint density at radius 3 is 2.18 bits per heavy atom. The van der Waals surface area contributed by atoms with Crippen LogP contribution in [0, 0.1) is 0 Å². The Morgan fingerprint density at radius 2 is 1.76 bits per heavy atom. The fourth-order valence-electron chi connectivity index (χ4n) is 1.10. The van der Waals surface area contributed by atoms with Crippen LogP contribution in [0.3, 0.4) is 0 Å². The van der Waals surface area contributed by atoms with Gasteiger partial charge in [-0.15, -0.1) is 0 Å². The van der Waals surface area contributed by atoms with Gasteiger partial charge in [-0.2, -0.15) is 0 Å². The normalized spacial score (nSPS) is 13.7. The summed E-state index contributed by atoms with van der Waals surface area (Å²) in [4.78, 5) is -0.189. The average molecular weight is 318 g/mol. The van der Waals surface area contributed by atoms with E-state index in [-0.39, 0.29) is 32.5 Å². The molecule has 0 aliphatic rings. The van der Waals surface area contributed by atoms with Gasteiger partial charge in [-0.25, -0.2) is 13.1 Å². The number of rotatable bonds is 4. The van der Waals surface area contributed by atoms with E-state index in [0.29, 0.717) is 0 Å². The molecule has 0 saturated heterocycles. The van der Waals surface area contributed by atoms with Crippen molar-refractivity contribution in [1.29, 1.82) is 0 Å². The summed E-state index contributed by atoms with van der Waals surface area (Å²) in [5.41, 5.74) is 5.46. The van der Waals surface area contributed by atoms with Crippen molar-refractivity contribution in [2.45, 2.75) is 17.9 Å². The number of benzene rings is 1. The Balaban J connectivity index is 3.16. The summed E-state index contributed by atoms with van der Waals surface area (Å²) >= 11 is 17.3. The van der Waals surface area contributed by atoms with Gasteiger partial charge in [-0.1, -0.05) is 34.8 Å². The van der Waals surface area contributed by atoms with Gasteiger partial charge in [-0.3, -0.25) is 0 Å². The van der Waals surface area contributed by atoms with Crippen molar-refractivity contribution in [3.63, 3.8) is 0 Å². The zero-order valence-electron chi connectivity index (χ0n) is 8.88. The minimum absolute atomic E-state index is 0.0281. The van der Waals surface area contributed by atoms with Crippen LogP contribution in [0.15, 0.2) is 17.0 Å². The van der Waals surface area contributed by atoms with Crippen molar-refractivity contribution in [1.82, 2.24) is 4.72 Å². The maximum absolute atomic E-state index is 11.9. The molecule has 17 heavy (non-hydrogen) atoms. The first-order chi connectivity index (χ1) is 7.74. The van der Waals surface area contributed by atoms with Crippen molar-refractivity contribution in [3.8, 4) is 0 Å². The van der Waals surface area contributed by atoms with Crippen LogP contribution in [-0.2, 0) is 10.0 Å². The number of nitrogens with two attached hydrogens (primary N) is 1. The second-order valence-electron chi connectivity index (χ2n) is 3.53. The van der Waals surface area contributed by atoms with E-state index in [0.717, 1.165) is 0 Å². The van der Waals surface area contributed by atoms with E-state index in [1.807, 2.05) is 0 Å². The molecular formula is C9H11Cl3N2O2S. The molecule has 8 heteroatoms. The minimum atomic E-state index is -3.79. The van der Waals surface area contributed by atoms with Crippen molar-refractivity contribution in [2.24, 2.45) is 5.73 Å². The molecule has 1 aromatic rings. The summed E-state index contributed by atoms with van der Waals surface area (Å²) in [5.74, 6) is 0. The van der Waals surface area contributed by atoms with E-state index < -0.39 is 10.0 Å². The van der Waals surface area contributed by atoms with Crippen LogP contribution in [0.1, 0.15) is 6.92 Å². The van der Waals surface area contributed by atoms with Gasteiger partial charge in [0.1, 0.15) is 4.90 Å². The Kier molecular flexibility index (Phi) is 5.07. The van der Waals surface area contributed by atoms with Crippen molar-refractivity contribution < 1.29 is 8.42 Å². The summed E-state index contributed by atoms with van der Waals surface area (Å²) in [6.07, 6.45) is 0. The Hall–Kier alpha value is -0.0400. The zero-order valence-corrected chi connectivity index (χ0v) is 12.0. The Bertz CT molecular complexity index is 494. The van der Waals surface area contributed by atoms with Crippen LogP contribution in [0.2, 0.25) is 15.1 Å². The monoisotopic (exact) mass is 316 g/mol. The Labute approximate surface area is 115 Å². The fourth-order valence-corrected chi connectivity index (χ4v) is 3.78. The van der Waals surface area contributed by atoms with Gasteiger partial charge in [0.25, 0.3) is 0 Å². The molecule has 0 saturated carbocycles. The van der Waals surface area contributed by atoms with Crippen LogP contribution in [0.4, 0.5) is 0 Å². The van der Waals surface area contributed by atoms with Crippen LogP contribution in [0.25, 0.3) is 0 Å². The first-order valence-electron chi connectivity index (χ1n) is 4.64. The van der Waals surface area contributed by atoms with Gasteiger partial charge in [0.2, 0.25) is 10.0 Å². The number of hydrogen-bond acceptors (Lipinski definition) is 3. The number of hydrogen-bond donors (Lipinski definition) is 2. The highest BCUT2D eigenvalue weighted by atomic mass is 35.5. The van der Waals surface area contributed by atoms with Crippen LogP contribution < -0.4 is 10.5 Å². The molecule has 0 radical (unpaired) electrons. The van der Waals surface area contributed by atoms with Gasteiger partial charge in [-0.05, 0) is 19.1 Å². The summed E-state index contributed by atoms with van der Waals surface area (Å²) < 4.78 is 26.1. The number of nitrogens with one attached hydrogen (secondary N) is 1. The maximum Gasteiger partial charge on any atom is 0.243 e. The molecule has 0 fully saturated rings. The highest BCUT2D eigenvalue weighted by Crippen LogP contribution is 2.32. The molecule has 96 valence electrons. The standard InChI is InChI=1S/C9H11Cl3N2O2S/c1-5(13)4-14-17(15,16)9-7(11)2-6(10)3-8(9)12/h2-3,5,14H,4,13H2,1H3. The predicted molar refractivity (Wildman–Crippen MR) is 70.3 cm³/mol. The Morgan fingerprint density at radius 1 is 1.29 bits per heavy atom. The molecule has 1 rings (SSSR count). The van der Waals surface area contributed by atoms with Gasteiger partial charge >= 0.3 is 0 Å². The summed E-state index contributed by atoms with van der Waals surface area (Å²) in [5, 5.41) is 0.213. The summed E-state index contributed by atoms with van der Waals surface area (Å²) in [6.45, 7) is 1.77. The summed E-state index contributed by atoms with van der Waals surface area (Å²) in [6, 6.07) is 2.32. The van der Waals surface area contributed by atoms with Crippen LogP contribution >= 0.6 is 34.8 Å². The van der Waals surface area contributed by atoms with Crippen LogP contribution in [0.5, 0.6) is 0 Å². The molecule has 1 atom stereocenters. The van der Waals surface area contributed by atoms with Crippen molar-refractivity contribution in [2.75, 3.05) is 6.54 Å². The molecule has 0 spiro atoms. The second kappa shape index (κ2) is 5.73. The van der Waals surface area contributed by atoms with Crippen LogP contribution in [-0.4, -0.2) is 21.0 Å². The molecular weight excluding hydrogens is 307 g/mol. The molecule has 0 amide bonds. The average Bonchev–Trinajstić information content (AvgIpc) is 2.12. The molecule has 0 aliphatic carbocycles. The largest absolute Gasteiger partial charge is 0.327 e. The lowest BCUT2D eigenvalue weighted by Gasteiger charge is -2.11. The lowest BCUT2D eigenvalue weighted by atomic mass is 10.4. The highest BCUT2D eigenvalue weighted by Gasteiger charge is 2.22. The van der Waals surface area contributed by atoms with E-state index in [9.17, 15) is 8.42 Å². The maximum atomic E-state index is 11.9. The van der Waals surface area contributed by atoms with Gasteiger partial charge < -0.3 is 5.73 Å². The van der Waals surface area contributed by atoms with E-state index >= 15 is 0 Å². The molecule has 4 nitrogen and oxygen atoms in total. The molecule has 3 N–H and O–H groups in total. The lowest BCUT2D eigenvalue weighted by Crippen LogP contribution is -2.35. The van der Waals surface area contributed by atoms with Crippen molar-refractivity contribution in [3.05, 3.63) is 27.2 Å². The molecule has 1 aromatic carbocycles. The number of halogens is 3. The first kappa shape index (κ1) is 15.0. The molecule has 1 unspecified atom stereocenters. The molecule has 0 heterocycles. The van der Waals surface area contributed by atoms with E-state index in [2.05, 4.69) is 4.72 Å². The topological polar surface area (TPSA) is 72.2 Å². The first-order valence-corrected chi connectivity index (χ1v) is 7.25. The third-order valence-corrected chi connectivity index (χ3v) is 4.39. The summed E-state index contributed by atoms with van der Waals surface area (Å²) in [7, 11) is -3.79. The third-order valence-electron chi connectivity index (χ3n) is 1.83. The van der Waals surface area contributed by atoms with E-state index in [4.69, 9.17) is 40.5 Å². The highest BCUT2D eigenvalue weighted by molar-refractivity contribution is 7.89. The van der Waals surface area contributed by atoms with Crippen molar-refractivity contribution >= 4 is 44.8 Å². The molecule has 0 bridgehead atoms. The molecule has 0 aromatic heterocycles. The lowest BCUT2D eigenvalue weighted by molar-refractivity contribution is 0.574. The second-order valence-corrected chi connectivity index (χ2v) is 6.48. The molecule has 0 aliphatic heterocycles. The van der Waals surface area contributed by atoms with Gasteiger partial charge in [0.05, 0.1) is 10.0 Å². The van der Waals surface area contributed by atoms with Gasteiger partial charge in [0.15, 0.2) is 0 Å². The number of sulfonamides is 1. The zero-order chi connectivity index (χ0) is 13.2. The van der Waals surface area contributed by atoms with E-state index in [1.54, 1.807) is 6.92 Å². The fraction of sp³-hybridized carbons (Fsp3) is 0.333. The quantitative estimate of drug-likeness (QED) is 0.895. The SMILES string of the molecule is CC(N)CNS(=O)(=O)c1c(Cl)cc(Cl)cc1Cl. The third kappa shape index (κ3) is 3.98. The minimum Gasteiger partial charge on any atom is -0.327 e. The van der Waals surface area contributed by atoms with E-state index in [1.165, 1.54) is 12.1 Å². The van der Waals surface area contributed by atoms with Gasteiger partial charge in [0, 0.05) is 17.6 Å². The predicted octanol–water partition coefficient (Wildman–Crippen LogP) is 2.27.